The van der Waals surface area contributed by atoms with Crippen LogP contribution in [-0.4, -0.2) is 84.6 Å². The summed E-state index contributed by atoms with van der Waals surface area (Å²) in [4.78, 5) is 43.0. The van der Waals surface area contributed by atoms with E-state index in [2.05, 4.69) is 4.74 Å². The van der Waals surface area contributed by atoms with Gasteiger partial charge in [0.05, 0.1) is 6.54 Å². The lowest BCUT2D eigenvalue weighted by atomic mass is 10.0. The van der Waals surface area contributed by atoms with Crippen LogP contribution in [0.25, 0.3) is 0 Å². The second-order valence-electron chi connectivity index (χ2n) is 7.24. The Labute approximate surface area is 173 Å². The van der Waals surface area contributed by atoms with Crippen molar-refractivity contribution in [2.24, 2.45) is 0 Å². The van der Waals surface area contributed by atoms with E-state index in [0.29, 0.717) is 25.1 Å². The van der Waals surface area contributed by atoms with E-state index >= 15 is 0 Å². The molecule has 1 aromatic carbocycles. The van der Waals surface area contributed by atoms with Crippen molar-refractivity contribution in [3.8, 4) is 5.75 Å². The topological polar surface area (TPSA) is 79.4 Å². The molecule has 2 aliphatic rings. The Bertz CT molecular complexity index is 789. The average Bonchev–Trinajstić information content (AvgIpc) is 2.71. The van der Waals surface area contributed by atoms with E-state index < -0.39 is 18.8 Å². The number of piperazine rings is 1. The van der Waals surface area contributed by atoms with Crippen LogP contribution in [0.2, 0.25) is 0 Å². The molecule has 10 heteroatoms. The summed E-state index contributed by atoms with van der Waals surface area (Å²) in [5, 5.41) is 0. The molecular formula is C20H25F2N3O5. The number of nitrogens with zero attached hydrogens (tertiary/aromatic N) is 3. The number of benzene rings is 1. The molecular weight excluding hydrogens is 400 g/mol. The van der Waals surface area contributed by atoms with Crippen molar-refractivity contribution in [1.82, 2.24) is 14.7 Å². The van der Waals surface area contributed by atoms with Crippen LogP contribution < -0.4 is 4.74 Å². The molecule has 0 radical (unpaired) electrons. The Morgan fingerprint density at radius 3 is 2.57 bits per heavy atom. The number of hydrogen-bond acceptors (Lipinski definition) is 5. The lowest BCUT2D eigenvalue weighted by Crippen LogP contribution is -2.70. The van der Waals surface area contributed by atoms with Gasteiger partial charge in [0.15, 0.2) is 0 Å². The summed E-state index contributed by atoms with van der Waals surface area (Å²) in [5.41, 5.74) is 0.293. The monoisotopic (exact) mass is 425 g/mol. The summed E-state index contributed by atoms with van der Waals surface area (Å²) in [7, 11) is 1.58. The fourth-order valence-corrected chi connectivity index (χ4v) is 3.92. The number of carbonyl (C=O) groups is 3. The minimum atomic E-state index is -2.95. The number of rotatable bonds is 7. The Kier molecular flexibility index (Phi) is 6.86. The van der Waals surface area contributed by atoms with E-state index in [4.69, 9.17) is 4.74 Å². The van der Waals surface area contributed by atoms with Gasteiger partial charge in [-0.05, 0) is 37.6 Å². The molecule has 164 valence electrons. The zero-order valence-corrected chi connectivity index (χ0v) is 16.9. The van der Waals surface area contributed by atoms with Gasteiger partial charge in [0.25, 0.3) is 5.91 Å². The molecule has 2 fully saturated rings. The lowest BCUT2D eigenvalue weighted by Gasteiger charge is -2.51. The van der Waals surface area contributed by atoms with E-state index in [1.54, 1.807) is 23.8 Å². The molecule has 2 unspecified atom stereocenters. The highest BCUT2D eigenvalue weighted by molar-refractivity contribution is 5.97. The minimum absolute atomic E-state index is 0.0433. The van der Waals surface area contributed by atoms with Gasteiger partial charge in [-0.2, -0.15) is 8.78 Å². The molecule has 1 aromatic rings. The first-order chi connectivity index (χ1) is 14.3. The number of alkyl halides is 2. The predicted octanol–water partition coefficient (Wildman–Crippen LogP) is 1.56. The zero-order valence-electron chi connectivity index (χ0n) is 16.9. The van der Waals surface area contributed by atoms with Gasteiger partial charge in [-0.25, -0.2) is 0 Å². The van der Waals surface area contributed by atoms with Crippen molar-refractivity contribution >= 4 is 17.7 Å². The van der Waals surface area contributed by atoms with Crippen LogP contribution in [-0.2, 0) is 14.3 Å². The van der Waals surface area contributed by atoms with Gasteiger partial charge in [0.1, 0.15) is 18.0 Å². The maximum Gasteiger partial charge on any atom is 0.387 e. The highest BCUT2D eigenvalue weighted by Gasteiger charge is 2.46. The Hall–Kier alpha value is -2.75. The summed E-state index contributed by atoms with van der Waals surface area (Å²) in [6.07, 6.45) is 0.191. The first-order valence-electron chi connectivity index (χ1n) is 9.78. The largest absolute Gasteiger partial charge is 0.435 e. The van der Waals surface area contributed by atoms with Crippen LogP contribution >= 0.6 is 0 Å². The summed E-state index contributed by atoms with van der Waals surface area (Å²) in [6, 6.07) is 4.76. The third kappa shape index (κ3) is 4.53. The number of amides is 3. The fraction of sp³-hybridized carbons (Fsp3) is 0.550. The number of halogens is 2. The molecule has 8 nitrogen and oxygen atoms in total. The molecule has 0 bridgehead atoms. The molecule has 2 heterocycles. The number of hydrogen-bond donors (Lipinski definition) is 0. The molecule has 3 rings (SSSR count). The van der Waals surface area contributed by atoms with Gasteiger partial charge in [0.2, 0.25) is 11.8 Å². The Morgan fingerprint density at radius 1 is 1.23 bits per heavy atom. The van der Waals surface area contributed by atoms with Gasteiger partial charge in [-0.3, -0.25) is 14.4 Å². The molecule has 0 saturated carbocycles. The normalized spacial score (nSPS) is 21.8. The fourth-order valence-electron chi connectivity index (χ4n) is 3.92. The number of carbonyl (C=O) groups excluding carboxylic acids is 3. The van der Waals surface area contributed by atoms with Gasteiger partial charge in [0, 0.05) is 38.8 Å². The van der Waals surface area contributed by atoms with Crippen molar-refractivity contribution in [2.75, 3.05) is 33.4 Å². The zero-order chi connectivity index (χ0) is 21.8. The molecule has 0 aromatic heterocycles. The predicted molar refractivity (Wildman–Crippen MR) is 102 cm³/mol. The van der Waals surface area contributed by atoms with Crippen LogP contribution in [0.15, 0.2) is 24.3 Å². The van der Waals surface area contributed by atoms with Crippen molar-refractivity contribution in [1.29, 1.82) is 0 Å². The van der Waals surface area contributed by atoms with Crippen molar-refractivity contribution < 1.29 is 32.6 Å². The Balaban J connectivity index is 1.79. The van der Waals surface area contributed by atoms with Crippen molar-refractivity contribution in [3.63, 3.8) is 0 Å². The van der Waals surface area contributed by atoms with Crippen LogP contribution in [0.4, 0.5) is 8.78 Å². The van der Waals surface area contributed by atoms with Crippen LogP contribution in [0, 0.1) is 0 Å². The maximum atomic E-state index is 13.1. The van der Waals surface area contributed by atoms with Crippen molar-refractivity contribution in [3.05, 3.63) is 29.8 Å². The highest BCUT2D eigenvalue weighted by atomic mass is 19.3. The number of fused-ring (bicyclic) bond motifs is 1. The summed E-state index contributed by atoms with van der Waals surface area (Å²) in [5.74, 6) is -0.696. The van der Waals surface area contributed by atoms with E-state index in [1.807, 2.05) is 0 Å². The molecule has 0 spiro atoms. The molecule has 0 N–H and O–H groups in total. The summed E-state index contributed by atoms with van der Waals surface area (Å²) in [6.45, 7) is 0.134. The molecule has 3 amide bonds. The number of ether oxygens (including phenoxy) is 2. The second-order valence-corrected chi connectivity index (χ2v) is 7.24. The first-order valence-corrected chi connectivity index (χ1v) is 9.78. The smallest absolute Gasteiger partial charge is 0.387 e. The first kappa shape index (κ1) is 21.9. The molecule has 2 saturated heterocycles. The average molecular weight is 425 g/mol. The van der Waals surface area contributed by atoms with Crippen LogP contribution in [0.3, 0.4) is 0 Å². The maximum absolute atomic E-state index is 13.1. The van der Waals surface area contributed by atoms with Crippen LogP contribution in [0.5, 0.6) is 5.75 Å². The second kappa shape index (κ2) is 9.38. The van der Waals surface area contributed by atoms with Gasteiger partial charge >= 0.3 is 6.61 Å². The van der Waals surface area contributed by atoms with Gasteiger partial charge in [-0.15, -0.1) is 0 Å². The van der Waals surface area contributed by atoms with Crippen LogP contribution in [0.1, 0.15) is 30.1 Å². The lowest BCUT2D eigenvalue weighted by molar-refractivity contribution is -0.165. The molecule has 2 atom stereocenters. The molecule has 2 aliphatic heterocycles. The van der Waals surface area contributed by atoms with Gasteiger partial charge in [-0.1, -0.05) is 0 Å². The molecule has 30 heavy (non-hydrogen) atoms. The SMILES string of the molecule is COCCCN1CC2N(C(=O)c3ccc(OC(F)F)cc3)CCC(=O)N2C(C)C1=O. The molecule has 0 aliphatic carbocycles. The van der Waals surface area contributed by atoms with E-state index in [0.717, 1.165) is 0 Å². The quantitative estimate of drug-likeness (QED) is 0.620. The van der Waals surface area contributed by atoms with Crippen molar-refractivity contribution in [2.45, 2.75) is 38.6 Å². The summed E-state index contributed by atoms with van der Waals surface area (Å²) < 4.78 is 34.0. The number of methoxy groups -OCH3 is 1. The third-order valence-electron chi connectivity index (χ3n) is 5.37. The summed E-state index contributed by atoms with van der Waals surface area (Å²) >= 11 is 0. The van der Waals surface area contributed by atoms with E-state index in [-0.39, 0.29) is 43.0 Å². The Morgan fingerprint density at radius 2 is 1.93 bits per heavy atom. The van der Waals surface area contributed by atoms with E-state index in [9.17, 15) is 23.2 Å². The minimum Gasteiger partial charge on any atom is -0.435 e. The van der Waals surface area contributed by atoms with Gasteiger partial charge < -0.3 is 24.2 Å². The highest BCUT2D eigenvalue weighted by Crippen LogP contribution is 2.27. The standard InChI is InChI=1S/C20H25F2N3O5/c1-13-18(27)23(9-3-11-29-2)12-16-24(10-8-17(26)25(13)16)19(28)14-4-6-15(7-5-14)30-20(21)22/h4-7,13,16,20H,3,8-12H2,1-2H3. The van der Waals surface area contributed by atoms with E-state index in [1.165, 1.54) is 29.2 Å². The third-order valence-corrected chi connectivity index (χ3v) is 5.37.